The van der Waals surface area contributed by atoms with E-state index in [2.05, 4.69) is 20.4 Å². The molecule has 0 saturated carbocycles. The number of aryl methyl sites for hydroxylation is 2. The van der Waals surface area contributed by atoms with Gasteiger partial charge in [0.05, 0.1) is 29.4 Å². The molecular formula is C24H25F5N6O. The SMILES string of the molecule is Cc1cccc(-c2cn(C)nc2C(=O)N2CC(F)(F)C[C@@H](C)C2CNc2ccc(C(F)(F)F)cn2)n1. The van der Waals surface area contributed by atoms with Gasteiger partial charge in [-0.1, -0.05) is 13.0 Å². The van der Waals surface area contributed by atoms with Crippen molar-refractivity contribution in [1.29, 1.82) is 0 Å². The lowest BCUT2D eigenvalue weighted by atomic mass is 9.88. The van der Waals surface area contributed by atoms with Crippen LogP contribution in [0.4, 0.5) is 27.8 Å². The van der Waals surface area contributed by atoms with Gasteiger partial charge in [-0.25, -0.2) is 13.8 Å². The Morgan fingerprint density at radius 1 is 1.22 bits per heavy atom. The molecule has 0 aromatic carbocycles. The standard InChI is InChI=1S/C24H25F5N6O/c1-14-9-23(25,26)13-35(19(14)11-31-20-8-7-16(10-30-20)24(27,28)29)22(36)21-17(12-34(3)33-21)18-6-4-5-15(2)32-18/h4-8,10,12,14,19H,9,11,13H2,1-3H3,(H,30,31)/t14-,19?/m1/s1. The van der Waals surface area contributed by atoms with Crippen LogP contribution in [0.3, 0.4) is 0 Å². The fraction of sp³-hybridized carbons (Fsp3) is 0.417. The molecule has 12 heteroatoms. The molecule has 36 heavy (non-hydrogen) atoms. The first-order valence-electron chi connectivity index (χ1n) is 11.3. The summed E-state index contributed by atoms with van der Waals surface area (Å²) in [6.45, 7) is 2.62. The summed E-state index contributed by atoms with van der Waals surface area (Å²) in [6, 6.07) is 6.65. The van der Waals surface area contributed by atoms with E-state index in [-0.39, 0.29) is 18.1 Å². The van der Waals surface area contributed by atoms with Crippen molar-refractivity contribution in [2.75, 3.05) is 18.4 Å². The first kappa shape index (κ1) is 25.5. The van der Waals surface area contributed by atoms with Crippen molar-refractivity contribution >= 4 is 11.7 Å². The molecule has 0 spiro atoms. The van der Waals surface area contributed by atoms with E-state index in [1.54, 1.807) is 45.3 Å². The molecule has 1 aliphatic heterocycles. The minimum atomic E-state index is -4.52. The number of likely N-dealkylation sites (tertiary alicyclic amines) is 1. The molecule has 0 bridgehead atoms. The van der Waals surface area contributed by atoms with Crippen LogP contribution in [0.5, 0.6) is 0 Å². The first-order chi connectivity index (χ1) is 16.8. The van der Waals surface area contributed by atoms with Crippen LogP contribution < -0.4 is 5.32 Å². The summed E-state index contributed by atoms with van der Waals surface area (Å²) in [7, 11) is 1.62. The number of nitrogens with one attached hydrogen (secondary N) is 1. The maximum atomic E-state index is 14.6. The maximum Gasteiger partial charge on any atom is 0.417 e. The molecule has 192 valence electrons. The van der Waals surface area contributed by atoms with Crippen LogP contribution in [0, 0.1) is 12.8 Å². The fourth-order valence-corrected chi connectivity index (χ4v) is 4.42. The topological polar surface area (TPSA) is 75.9 Å². The highest BCUT2D eigenvalue weighted by Gasteiger charge is 2.47. The summed E-state index contributed by atoms with van der Waals surface area (Å²) in [5, 5.41) is 7.14. The molecular weight excluding hydrogens is 483 g/mol. The summed E-state index contributed by atoms with van der Waals surface area (Å²) in [5.41, 5.74) is 0.732. The van der Waals surface area contributed by atoms with Crippen molar-refractivity contribution in [3.05, 3.63) is 59.7 Å². The van der Waals surface area contributed by atoms with Gasteiger partial charge >= 0.3 is 6.18 Å². The number of carbonyl (C=O) groups excluding carboxylic acids is 1. The second-order valence-electron chi connectivity index (χ2n) is 9.08. The van der Waals surface area contributed by atoms with Crippen LogP contribution in [-0.2, 0) is 13.2 Å². The molecule has 3 aromatic rings. The highest BCUT2D eigenvalue weighted by atomic mass is 19.4. The van der Waals surface area contributed by atoms with Gasteiger partial charge < -0.3 is 10.2 Å². The molecule has 1 N–H and O–H groups in total. The summed E-state index contributed by atoms with van der Waals surface area (Å²) < 4.78 is 69.0. The number of piperidine rings is 1. The molecule has 3 aromatic heterocycles. The van der Waals surface area contributed by atoms with Crippen molar-refractivity contribution in [3.8, 4) is 11.3 Å². The van der Waals surface area contributed by atoms with E-state index in [4.69, 9.17) is 0 Å². The molecule has 4 rings (SSSR count). The van der Waals surface area contributed by atoms with Crippen molar-refractivity contribution in [1.82, 2.24) is 24.6 Å². The Labute approximate surface area is 204 Å². The third kappa shape index (κ3) is 5.47. The largest absolute Gasteiger partial charge is 0.417 e. The van der Waals surface area contributed by atoms with Gasteiger partial charge in [-0.05, 0) is 37.1 Å². The van der Waals surface area contributed by atoms with Crippen LogP contribution in [0.15, 0.2) is 42.7 Å². The summed E-state index contributed by atoms with van der Waals surface area (Å²) >= 11 is 0. The van der Waals surface area contributed by atoms with Crippen molar-refractivity contribution in [2.45, 2.75) is 38.4 Å². The average molecular weight is 508 g/mol. The second-order valence-corrected chi connectivity index (χ2v) is 9.08. The van der Waals surface area contributed by atoms with Gasteiger partial charge in [-0.3, -0.25) is 14.5 Å². The number of halogens is 5. The van der Waals surface area contributed by atoms with E-state index >= 15 is 0 Å². The Kier molecular flexibility index (Phi) is 6.72. The molecule has 0 aliphatic carbocycles. The monoisotopic (exact) mass is 508 g/mol. The van der Waals surface area contributed by atoms with E-state index in [1.165, 1.54) is 4.68 Å². The molecule has 4 heterocycles. The maximum absolute atomic E-state index is 14.6. The smallest absolute Gasteiger partial charge is 0.368 e. The van der Waals surface area contributed by atoms with E-state index in [0.29, 0.717) is 17.5 Å². The first-order valence-corrected chi connectivity index (χ1v) is 11.3. The van der Waals surface area contributed by atoms with Gasteiger partial charge in [0.2, 0.25) is 0 Å². The number of nitrogens with zero attached hydrogens (tertiary/aromatic N) is 5. The van der Waals surface area contributed by atoms with Gasteiger partial charge in [-0.15, -0.1) is 0 Å². The number of anilines is 1. The van der Waals surface area contributed by atoms with Crippen molar-refractivity contribution < 1.29 is 26.7 Å². The number of rotatable bonds is 5. The Morgan fingerprint density at radius 2 is 1.97 bits per heavy atom. The minimum Gasteiger partial charge on any atom is -0.368 e. The predicted octanol–water partition coefficient (Wildman–Crippen LogP) is 4.80. The highest BCUT2D eigenvalue weighted by Crippen LogP contribution is 2.36. The van der Waals surface area contributed by atoms with Crippen LogP contribution >= 0.6 is 0 Å². The van der Waals surface area contributed by atoms with E-state index < -0.39 is 48.5 Å². The van der Waals surface area contributed by atoms with Gasteiger partial charge in [-0.2, -0.15) is 18.3 Å². The molecule has 1 unspecified atom stereocenters. The molecule has 1 aliphatic rings. The summed E-state index contributed by atoms with van der Waals surface area (Å²) in [5.74, 6) is -4.24. The molecule has 1 fully saturated rings. The Balaban J connectivity index is 1.61. The number of hydrogen-bond acceptors (Lipinski definition) is 5. The van der Waals surface area contributed by atoms with Gasteiger partial charge in [0.1, 0.15) is 5.82 Å². The predicted molar refractivity (Wildman–Crippen MR) is 122 cm³/mol. The van der Waals surface area contributed by atoms with E-state index in [1.807, 2.05) is 0 Å². The zero-order chi connectivity index (χ0) is 26.3. The van der Waals surface area contributed by atoms with E-state index in [9.17, 15) is 26.7 Å². The van der Waals surface area contributed by atoms with Gasteiger partial charge in [0, 0.05) is 38.1 Å². The fourth-order valence-electron chi connectivity index (χ4n) is 4.42. The number of carbonyl (C=O) groups is 1. The van der Waals surface area contributed by atoms with E-state index in [0.717, 1.165) is 22.7 Å². The molecule has 2 atom stereocenters. The zero-order valence-corrected chi connectivity index (χ0v) is 19.9. The lowest BCUT2D eigenvalue weighted by Gasteiger charge is -2.43. The van der Waals surface area contributed by atoms with Crippen LogP contribution in [0.1, 0.15) is 35.1 Å². The van der Waals surface area contributed by atoms with Crippen molar-refractivity contribution in [2.24, 2.45) is 13.0 Å². The van der Waals surface area contributed by atoms with Crippen LogP contribution in [0.2, 0.25) is 0 Å². The number of aromatic nitrogens is 4. The number of hydrogen-bond donors (Lipinski definition) is 1. The van der Waals surface area contributed by atoms with Gasteiger partial charge in [0.25, 0.3) is 11.8 Å². The molecule has 1 saturated heterocycles. The summed E-state index contributed by atoms with van der Waals surface area (Å²) in [4.78, 5) is 22.9. The Morgan fingerprint density at radius 3 is 2.61 bits per heavy atom. The number of alkyl halides is 5. The number of amides is 1. The van der Waals surface area contributed by atoms with Gasteiger partial charge in [0.15, 0.2) is 5.69 Å². The minimum absolute atomic E-state index is 0.00171. The Hall–Kier alpha value is -3.57. The van der Waals surface area contributed by atoms with Crippen LogP contribution in [0.25, 0.3) is 11.3 Å². The molecule has 7 nitrogen and oxygen atoms in total. The second kappa shape index (κ2) is 9.47. The van der Waals surface area contributed by atoms with Crippen molar-refractivity contribution in [3.63, 3.8) is 0 Å². The molecule has 0 radical (unpaired) electrons. The Bertz CT molecular complexity index is 1240. The third-order valence-corrected chi connectivity index (χ3v) is 6.12. The third-order valence-electron chi connectivity index (χ3n) is 6.12. The molecule has 1 amide bonds. The van der Waals surface area contributed by atoms with Crippen LogP contribution in [-0.4, -0.2) is 55.6 Å². The lowest BCUT2D eigenvalue weighted by Crippen LogP contribution is -2.57. The summed E-state index contributed by atoms with van der Waals surface area (Å²) in [6.07, 6.45) is -2.65. The number of pyridine rings is 2. The quantitative estimate of drug-likeness (QED) is 0.501. The average Bonchev–Trinajstić information content (AvgIpc) is 3.18. The normalized spacial score (nSPS) is 19.8. The zero-order valence-electron chi connectivity index (χ0n) is 19.9. The highest BCUT2D eigenvalue weighted by molar-refractivity contribution is 5.98. The lowest BCUT2D eigenvalue weighted by molar-refractivity contribution is -0.137.